The highest BCUT2D eigenvalue weighted by atomic mass is 32.2. The quantitative estimate of drug-likeness (QED) is 0.174. The highest BCUT2D eigenvalue weighted by Crippen LogP contribution is 2.38. The molecule has 6 rings (SSSR count). The average molecular weight is 552 g/mol. The van der Waals surface area contributed by atoms with Gasteiger partial charge in [-0.2, -0.15) is 5.10 Å². The van der Waals surface area contributed by atoms with Gasteiger partial charge in [-0.05, 0) is 48.7 Å². The number of ether oxygens (including phenoxy) is 1. The van der Waals surface area contributed by atoms with Crippen molar-refractivity contribution in [2.24, 2.45) is 0 Å². The molecule has 1 aromatic heterocycles. The Morgan fingerprint density at radius 1 is 0.949 bits per heavy atom. The minimum atomic E-state index is 0.00950. The Morgan fingerprint density at radius 2 is 1.69 bits per heavy atom. The van der Waals surface area contributed by atoms with Crippen LogP contribution in [0.3, 0.4) is 0 Å². The van der Waals surface area contributed by atoms with Gasteiger partial charge in [0, 0.05) is 23.4 Å². The van der Waals surface area contributed by atoms with Crippen molar-refractivity contribution in [3.05, 3.63) is 107 Å². The molecule has 1 amide bonds. The fourth-order valence-corrected chi connectivity index (χ4v) is 6.57. The van der Waals surface area contributed by atoms with E-state index in [9.17, 15) is 4.79 Å². The SMILES string of the molecule is O=C1C(=Cc2cn(-c3ccccc3)nc2-c2cccc(OCc3ccccc3)c2)SC(=S)N1C1CCCCC1. The second-order valence-electron chi connectivity index (χ2n) is 9.86. The molecule has 196 valence electrons. The molecule has 7 heteroatoms. The van der Waals surface area contributed by atoms with Crippen molar-refractivity contribution in [2.75, 3.05) is 0 Å². The van der Waals surface area contributed by atoms with Crippen LogP contribution in [0.2, 0.25) is 0 Å². The van der Waals surface area contributed by atoms with Gasteiger partial charge >= 0.3 is 0 Å². The largest absolute Gasteiger partial charge is 0.489 e. The lowest BCUT2D eigenvalue weighted by Crippen LogP contribution is -2.39. The third kappa shape index (κ3) is 5.70. The molecule has 0 radical (unpaired) electrons. The first kappa shape index (κ1) is 25.6. The summed E-state index contributed by atoms with van der Waals surface area (Å²) in [5.74, 6) is 0.774. The molecule has 1 saturated carbocycles. The first-order valence-electron chi connectivity index (χ1n) is 13.3. The molecule has 0 atom stereocenters. The lowest BCUT2D eigenvalue weighted by atomic mass is 9.94. The highest BCUT2D eigenvalue weighted by Gasteiger charge is 2.37. The number of para-hydroxylation sites is 1. The molecule has 5 nitrogen and oxygen atoms in total. The number of thioether (sulfide) groups is 1. The summed E-state index contributed by atoms with van der Waals surface area (Å²) in [5, 5.41) is 4.95. The molecule has 0 N–H and O–H groups in total. The molecule has 0 spiro atoms. The molecule has 2 fully saturated rings. The summed E-state index contributed by atoms with van der Waals surface area (Å²) in [7, 11) is 0. The predicted octanol–water partition coefficient (Wildman–Crippen LogP) is 7.65. The third-order valence-electron chi connectivity index (χ3n) is 7.17. The normalized spacial score (nSPS) is 17.2. The third-order valence-corrected chi connectivity index (χ3v) is 8.50. The van der Waals surface area contributed by atoms with Crippen molar-refractivity contribution >= 4 is 40.3 Å². The van der Waals surface area contributed by atoms with Gasteiger partial charge in [0.2, 0.25) is 0 Å². The van der Waals surface area contributed by atoms with Gasteiger partial charge in [0.1, 0.15) is 22.4 Å². The number of nitrogens with zero attached hydrogens (tertiary/aromatic N) is 3. The monoisotopic (exact) mass is 551 g/mol. The molecule has 2 aliphatic rings. The minimum Gasteiger partial charge on any atom is -0.489 e. The minimum absolute atomic E-state index is 0.00950. The molecule has 2 heterocycles. The van der Waals surface area contributed by atoms with E-state index in [-0.39, 0.29) is 11.9 Å². The fraction of sp³-hybridized carbons (Fsp3) is 0.219. The summed E-state index contributed by atoms with van der Waals surface area (Å²) < 4.78 is 8.62. The van der Waals surface area contributed by atoms with Gasteiger partial charge < -0.3 is 4.74 Å². The van der Waals surface area contributed by atoms with Crippen LogP contribution in [-0.2, 0) is 11.4 Å². The number of aromatic nitrogens is 2. The van der Waals surface area contributed by atoms with Crippen molar-refractivity contribution in [3.63, 3.8) is 0 Å². The van der Waals surface area contributed by atoms with Crippen LogP contribution in [0.4, 0.5) is 0 Å². The Balaban J connectivity index is 1.34. The van der Waals surface area contributed by atoms with E-state index in [4.69, 9.17) is 22.1 Å². The van der Waals surface area contributed by atoms with Crippen LogP contribution in [-0.4, -0.2) is 30.9 Å². The van der Waals surface area contributed by atoms with Crippen molar-refractivity contribution in [2.45, 2.75) is 44.8 Å². The summed E-state index contributed by atoms with van der Waals surface area (Å²) in [6.07, 6.45) is 9.50. The zero-order chi connectivity index (χ0) is 26.6. The molecule has 39 heavy (non-hydrogen) atoms. The van der Waals surface area contributed by atoms with Crippen molar-refractivity contribution in [1.29, 1.82) is 0 Å². The van der Waals surface area contributed by atoms with Crippen LogP contribution in [0.25, 0.3) is 23.0 Å². The fourth-order valence-electron chi connectivity index (χ4n) is 5.18. The van der Waals surface area contributed by atoms with E-state index >= 15 is 0 Å². The van der Waals surface area contributed by atoms with Crippen molar-refractivity contribution in [3.8, 4) is 22.7 Å². The first-order chi connectivity index (χ1) is 19.2. The maximum absolute atomic E-state index is 13.5. The van der Waals surface area contributed by atoms with Crippen LogP contribution in [0.15, 0.2) is 96.0 Å². The summed E-state index contributed by atoms with van der Waals surface area (Å²) in [5.41, 5.74) is 4.63. The van der Waals surface area contributed by atoms with Crippen LogP contribution in [0, 0.1) is 0 Å². The second-order valence-corrected chi connectivity index (χ2v) is 11.5. The van der Waals surface area contributed by atoms with Crippen LogP contribution >= 0.6 is 24.0 Å². The van der Waals surface area contributed by atoms with E-state index in [0.29, 0.717) is 15.8 Å². The van der Waals surface area contributed by atoms with Gasteiger partial charge in [0.25, 0.3) is 5.91 Å². The second kappa shape index (κ2) is 11.6. The van der Waals surface area contributed by atoms with Crippen LogP contribution in [0.5, 0.6) is 5.75 Å². The maximum atomic E-state index is 13.5. The number of rotatable bonds is 7. The van der Waals surface area contributed by atoms with Gasteiger partial charge in [-0.3, -0.25) is 9.69 Å². The summed E-state index contributed by atoms with van der Waals surface area (Å²) >= 11 is 7.07. The molecular weight excluding hydrogens is 523 g/mol. The topological polar surface area (TPSA) is 47.4 Å². The Hall–Kier alpha value is -3.68. The molecule has 4 aromatic rings. The molecule has 1 saturated heterocycles. The van der Waals surface area contributed by atoms with Crippen molar-refractivity contribution in [1.82, 2.24) is 14.7 Å². The number of hydrogen-bond acceptors (Lipinski definition) is 5. The van der Waals surface area contributed by atoms with E-state index in [1.54, 1.807) is 0 Å². The standard InChI is InChI=1S/C32H29N3O2S2/c36-31-29(39-32(38)35(31)27-16-8-3-9-17-27)20-25-21-34(26-14-6-2-7-15-26)33-30(25)24-13-10-18-28(19-24)37-22-23-11-4-1-5-12-23/h1-2,4-7,10-15,18-21,27H,3,8-9,16-17,22H2. The summed E-state index contributed by atoms with van der Waals surface area (Å²) in [6, 6.07) is 28.3. The first-order valence-corrected chi connectivity index (χ1v) is 14.6. The Bertz CT molecular complexity index is 1510. The zero-order valence-corrected chi connectivity index (χ0v) is 23.2. The molecular formula is C32H29N3O2S2. The lowest BCUT2D eigenvalue weighted by Gasteiger charge is -2.29. The number of hydrogen-bond donors (Lipinski definition) is 0. The number of thiocarbonyl (C=S) groups is 1. The van der Waals surface area contributed by atoms with E-state index < -0.39 is 0 Å². The number of amides is 1. The molecule has 3 aromatic carbocycles. The molecule has 0 unspecified atom stereocenters. The Kier molecular flexibility index (Phi) is 7.61. The average Bonchev–Trinajstić information content (AvgIpc) is 3.53. The Morgan fingerprint density at radius 3 is 2.46 bits per heavy atom. The maximum Gasteiger partial charge on any atom is 0.266 e. The predicted molar refractivity (Wildman–Crippen MR) is 162 cm³/mol. The molecule has 0 bridgehead atoms. The highest BCUT2D eigenvalue weighted by molar-refractivity contribution is 8.26. The van der Waals surface area contributed by atoms with E-state index in [1.165, 1.54) is 18.2 Å². The zero-order valence-electron chi connectivity index (χ0n) is 21.5. The number of benzene rings is 3. The van der Waals surface area contributed by atoms with Gasteiger partial charge in [-0.25, -0.2) is 4.68 Å². The summed E-state index contributed by atoms with van der Waals surface area (Å²) in [4.78, 5) is 16.0. The van der Waals surface area contributed by atoms with Gasteiger partial charge in [-0.15, -0.1) is 0 Å². The van der Waals surface area contributed by atoms with Crippen LogP contribution < -0.4 is 4.74 Å². The van der Waals surface area contributed by atoms with E-state index in [0.717, 1.165) is 59.5 Å². The lowest BCUT2D eigenvalue weighted by molar-refractivity contribution is -0.124. The number of carbonyl (C=O) groups is 1. The Labute approximate surface area is 238 Å². The van der Waals surface area contributed by atoms with Gasteiger partial charge in [0.05, 0.1) is 10.6 Å². The molecule has 1 aliphatic heterocycles. The van der Waals surface area contributed by atoms with E-state index in [2.05, 4.69) is 0 Å². The smallest absolute Gasteiger partial charge is 0.266 e. The van der Waals surface area contributed by atoms with Gasteiger partial charge in [0.15, 0.2) is 0 Å². The number of carbonyl (C=O) groups excluding carboxylic acids is 1. The molecule has 1 aliphatic carbocycles. The summed E-state index contributed by atoms with van der Waals surface area (Å²) in [6.45, 7) is 0.485. The van der Waals surface area contributed by atoms with Gasteiger partial charge in [-0.1, -0.05) is 104 Å². The van der Waals surface area contributed by atoms with Crippen molar-refractivity contribution < 1.29 is 9.53 Å². The van der Waals surface area contributed by atoms with E-state index in [1.807, 2.05) is 107 Å². The van der Waals surface area contributed by atoms with Crippen LogP contribution in [0.1, 0.15) is 43.2 Å².